The van der Waals surface area contributed by atoms with Crippen molar-refractivity contribution in [3.05, 3.63) is 46.4 Å². The summed E-state index contributed by atoms with van der Waals surface area (Å²) < 4.78 is 16.7. The van der Waals surface area contributed by atoms with E-state index in [2.05, 4.69) is 20.3 Å². The Balaban J connectivity index is 1.65. The molecule has 1 aromatic heterocycles. The second-order valence-corrected chi connectivity index (χ2v) is 8.17. The van der Waals surface area contributed by atoms with E-state index < -0.39 is 23.1 Å². The molecule has 0 bridgehead atoms. The molecule has 2 N–H and O–H groups in total. The maximum absolute atomic E-state index is 13.6. The maximum Gasteiger partial charge on any atom is 0.231 e. The number of carbonyl (C=O) groups excluding carboxylic acids is 2. The number of methoxy groups -OCH3 is 2. The van der Waals surface area contributed by atoms with Gasteiger partial charge in [0.25, 0.3) is 0 Å². The number of Topliss-reactive ketones (excluding diaryl/α,β-unsaturated/α-hetero) is 2. The lowest BCUT2D eigenvalue weighted by Gasteiger charge is -2.36. The van der Waals surface area contributed by atoms with Crippen LogP contribution in [0.5, 0.6) is 17.2 Å². The number of ketones is 2. The Hall–Kier alpha value is -3.66. The first-order valence-electron chi connectivity index (χ1n) is 10.5. The number of aliphatic imine (C=N–C) groups is 1. The van der Waals surface area contributed by atoms with E-state index in [0.717, 1.165) is 0 Å². The Morgan fingerprint density at radius 3 is 2.68 bits per heavy atom. The zero-order valence-corrected chi connectivity index (χ0v) is 19.5. The summed E-state index contributed by atoms with van der Waals surface area (Å²) in [4.78, 5) is 38.7. The van der Waals surface area contributed by atoms with Gasteiger partial charge in [0.1, 0.15) is 22.1 Å². The van der Waals surface area contributed by atoms with Crippen LogP contribution < -0.4 is 19.5 Å². The van der Waals surface area contributed by atoms with E-state index >= 15 is 0 Å². The average Bonchev–Trinajstić information content (AvgIpc) is 3.15. The molecular formula is C23H23ClN4O6. The van der Waals surface area contributed by atoms with Crippen molar-refractivity contribution in [2.24, 2.45) is 10.9 Å². The minimum atomic E-state index is -1.82. The number of ether oxygens (including phenoxy) is 3. The predicted molar refractivity (Wildman–Crippen MR) is 125 cm³/mol. The molecule has 10 nitrogen and oxygen atoms in total. The first kappa shape index (κ1) is 23.5. The lowest BCUT2D eigenvalue weighted by molar-refractivity contribution is -0.118. The zero-order valence-electron chi connectivity index (χ0n) is 18.8. The SMILES string of the molecule is COc1cc(OC)c2c(c1Cl)O[C@]1(C2=O)C(O)=C(C=NCCNc2ncccn2)C(=O)C[C@H]1C. The van der Waals surface area contributed by atoms with E-state index in [0.29, 0.717) is 12.5 Å². The van der Waals surface area contributed by atoms with Gasteiger partial charge in [-0.1, -0.05) is 18.5 Å². The average molecular weight is 487 g/mol. The number of nitrogens with one attached hydrogen (secondary N) is 1. The third-order valence-electron chi connectivity index (χ3n) is 5.82. The second-order valence-electron chi connectivity index (χ2n) is 7.79. The summed E-state index contributed by atoms with van der Waals surface area (Å²) in [5.41, 5.74) is -1.82. The van der Waals surface area contributed by atoms with Gasteiger partial charge in [0.15, 0.2) is 17.3 Å². The molecule has 1 aromatic carbocycles. The van der Waals surface area contributed by atoms with Crippen molar-refractivity contribution in [3.8, 4) is 17.2 Å². The summed E-state index contributed by atoms with van der Waals surface area (Å²) in [6.45, 7) is 2.34. The van der Waals surface area contributed by atoms with Crippen molar-refractivity contribution in [3.63, 3.8) is 0 Å². The topological polar surface area (TPSA) is 132 Å². The lowest BCUT2D eigenvalue weighted by atomic mass is 9.73. The van der Waals surface area contributed by atoms with Gasteiger partial charge in [-0.2, -0.15) is 0 Å². The highest BCUT2D eigenvalue weighted by Crippen LogP contribution is 2.54. The molecule has 34 heavy (non-hydrogen) atoms. The van der Waals surface area contributed by atoms with Gasteiger partial charge < -0.3 is 24.6 Å². The number of nitrogens with zero attached hydrogens (tertiary/aromatic N) is 3. The molecule has 0 saturated heterocycles. The third kappa shape index (κ3) is 3.73. The standard InChI is InChI=1S/C23H23ClN4O6/c1-12-9-14(29)13(11-25-7-8-28-22-26-5-4-6-27-22)20(30)23(12)21(31)17-15(32-2)10-16(33-3)18(24)19(17)34-23/h4-6,10-12,30H,7-9H2,1-3H3,(H,26,27,28)/t12-,23+/m1/s1. The first-order chi connectivity index (χ1) is 16.3. The fourth-order valence-corrected chi connectivity index (χ4v) is 4.36. The number of allylic oxidation sites excluding steroid dienone is 1. The summed E-state index contributed by atoms with van der Waals surface area (Å²) in [7, 11) is 2.82. The Labute approximate surface area is 200 Å². The van der Waals surface area contributed by atoms with Crippen LogP contribution in [-0.4, -0.2) is 65.8 Å². The number of halogens is 1. The van der Waals surface area contributed by atoms with Crippen LogP contribution in [-0.2, 0) is 4.79 Å². The molecule has 178 valence electrons. The van der Waals surface area contributed by atoms with Gasteiger partial charge in [0.05, 0.1) is 26.3 Å². The monoisotopic (exact) mass is 486 g/mol. The smallest absolute Gasteiger partial charge is 0.231 e. The molecule has 1 aliphatic carbocycles. The minimum absolute atomic E-state index is 0.0294. The van der Waals surface area contributed by atoms with Gasteiger partial charge in [-0.3, -0.25) is 14.6 Å². The summed E-state index contributed by atoms with van der Waals surface area (Å²) in [5.74, 6) is -1.12. The third-order valence-corrected chi connectivity index (χ3v) is 6.18. The van der Waals surface area contributed by atoms with Crippen molar-refractivity contribution in [2.45, 2.75) is 18.9 Å². The van der Waals surface area contributed by atoms with Crippen LogP contribution in [0.3, 0.4) is 0 Å². The van der Waals surface area contributed by atoms with Crippen molar-refractivity contribution in [1.29, 1.82) is 0 Å². The van der Waals surface area contributed by atoms with Crippen LogP contribution in [0.25, 0.3) is 0 Å². The van der Waals surface area contributed by atoms with Crippen LogP contribution in [0.4, 0.5) is 5.95 Å². The van der Waals surface area contributed by atoms with E-state index in [1.165, 1.54) is 26.5 Å². The second kappa shape index (κ2) is 9.30. The first-order valence-corrected chi connectivity index (χ1v) is 10.9. The van der Waals surface area contributed by atoms with E-state index in [4.69, 9.17) is 25.8 Å². The van der Waals surface area contributed by atoms with Gasteiger partial charge in [-0.25, -0.2) is 9.97 Å². The number of anilines is 1. The molecule has 4 rings (SSSR count). The van der Waals surface area contributed by atoms with Gasteiger partial charge >= 0.3 is 0 Å². The summed E-state index contributed by atoms with van der Waals surface area (Å²) in [5, 5.41) is 14.3. The molecule has 11 heteroatoms. The number of aliphatic hydroxyl groups excluding tert-OH is 1. The molecule has 2 atom stereocenters. The number of hydrogen-bond acceptors (Lipinski definition) is 10. The van der Waals surface area contributed by atoms with E-state index in [1.807, 2.05) is 0 Å². The molecule has 0 fully saturated rings. The predicted octanol–water partition coefficient (Wildman–Crippen LogP) is 3.07. The Morgan fingerprint density at radius 2 is 2.00 bits per heavy atom. The molecule has 2 aromatic rings. The number of aromatic nitrogens is 2. The summed E-state index contributed by atoms with van der Waals surface area (Å²) in [6.07, 6.45) is 4.45. The van der Waals surface area contributed by atoms with Crippen LogP contribution in [0, 0.1) is 5.92 Å². The van der Waals surface area contributed by atoms with E-state index in [9.17, 15) is 14.7 Å². The van der Waals surface area contributed by atoms with Crippen LogP contribution in [0.2, 0.25) is 5.02 Å². The highest BCUT2D eigenvalue weighted by molar-refractivity contribution is 6.35. The number of benzene rings is 1. The molecule has 0 saturated carbocycles. The quantitative estimate of drug-likeness (QED) is 0.447. The molecule has 2 aliphatic rings. The van der Waals surface area contributed by atoms with Crippen molar-refractivity contribution >= 4 is 35.3 Å². The normalized spacial score (nSPS) is 21.7. The highest BCUT2D eigenvalue weighted by Gasteiger charge is 2.60. The minimum Gasteiger partial charge on any atom is -0.507 e. The molecular weight excluding hydrogens is 464 g/mol. The number of fused-ring (bicyclic) bond motifs is 1. The van der Waals surface area contributed by atoms with Crippen LogP contribution in [0.1, 0.15) is 23.7 Å². The van der Waals surface area contributed by atoms with Crippen molar-refractivity contribution in [1.82, 2.24) is 9.97 Å². The van der Waals surface area contributed by atoms with Crippen LogP contribution >= 0.6 is 11.6 Å². The number of hydrogen-bond donors (Lipinski definition) is 2. The van der Waals surface area contributed by atoms with Crippen molar-refractivity contribution < 1.29 is 28.9 Å². The Morgan fingerprint density at radius 1 is 1.29 bits per heavy atom. The lowest BCUT2D eigenvalue weighted by Crippen LogP contribution is -2.52. The van der Waals surface area contributed by atoms with E-state index in [-0.39, 0.29) is 52.2 Å². The van der Waals surface area contributed by atoms with Crippen molar-refractivity contribution in [2.75, 3.05) is 32.6 Å². The maximum atomic E-state index is 13.6. The van der Waals surface area contributed by atoms with Gasteiger partial charge in [-0.15, -0.1) is 0 Å². The molecule has 0 amide bonds. The highest BCUT2D eigenvalue weighted by atomic mass is 35.5. The molecule has 0 unspecified atom stereocenters. The summed E-state index contributed by atoms with van der Waals surface area (Å²) >= 11 is 6.41. The number of carbonyl (C=O) groups is 2. The van der Waals surface area contributed by atoms with Gasteiger partial charge in [-0.05, 0) is 6.07 Å². The Kier molecular flexibility index (Phi) is 6.43. The molecule has 1 spiro atoms. The number of rotatable bonds is 7. The molecule has 0 radical (unpaired) electrons. The van der Waals surface area contributed by atoms with Gasteiger partial charge in [0.2, 0.25) is 17.3 Å². The molecule has 1 aliphatic heterocycles. The van der Waals surface area contributed by atoms with Crippen LogP contribution in [0.15, 0.2) is 40.9 Å². The Bertz CT molecular complexity index is 1200. The van der Waals surface area contributed by atoms with Gasteiger partial charge in [0, 0.05) is 43.6 Å². The number of aliphatic hydroxyl groups is 1. The fourth-order valence-electron chi connectivity index (χ4n) is 4.09. The largest absolute Gasteiger partial charge is 0.507 e. The fraction of sp³-hybridized carbons (Fsp3) is 0.348. The molecule has 2 heterocycles. The summed E-state index contributed by atoms with van der Waals surface area (Å²) in [6, 6.07) is 3.18. The van der Waals surface area contributed by atoms with E-state index in [1.54, 1.807) is 25.4 Å². The zero-order chi connectivity index (χ0) is 24.5.